The first-order valence-electron chi connectivity index (χ1n) is 8.99. The van der Waals surface area contributed by atoms with Gasteiger partial charge in [-0.2, -0.15) is 0 Å². The third-order valence-electron chi connectivity index (χ3n) is 5.07. The lowest BCUT2D eigenvalue weighted by molar-refractivity contribution is -0.134. The van der Waals surface area contributed by atoms with Crippen LogP contribution in [-0.2, 0) is 11.2 Å². The molecule has 2 aromatic rings. The lowest BCUT2D eigenvalue weighted by atomic mass is 9.92. The lowest BCUT2D eigenvalue weighted by Crippen LogP contribution is -2.50. The molecule has 7 nitrogen and oxygen atoms in total. The summed E-state index contributed by atoms with van der Waals surface area (Å²) in [5.41, 5.74) is 7.36. The highest BCUT2D eigenvalue weighted by molar-refractivity contribution is 5.79. The fourth-order valence-corrected chi connectivity index (χ4v) is 3.52. The molecule has 2 aromatic heterocycles. The van der Waals surface area contributed by atoms with Crippen LogP contribution in [0.1, 0.15) is 31.0 Å². The van der Waals surface area contributed by atoms with Gasteiger partial charge in [0.1, 0.15) is 5.82 Å². The highest BCUT2D eigenvalue weighted by atomic mass is 16.2. The van der Waals surface area contributed by atoms with Crippen molar-refractivity contribution in [3.63, 3.8) is 0 Å². The highest BCUT2D eigenvalue weighted by Gasteiger charge is 2.29. The van der Waals surface area contributed by atoms with Crippen molar-refractivity contribution in [2.24, 2.45) is 11.7 Å². The van der Waals surface area contributed by atoms with E-state index in [1.54, 1.807) is 31.5 Å². The van der Waals surface area contributed by atoms with E-state index in [0.29, 0.717) is 36.1 Å². The molecular weight excluding hydrogens is 330 g/mol. The Kier molecular flexibility index (Phi) is 5.46. The number of piperidine rings is 1. The first kappa shape index (κ1) is 18.3. The smallest absolute Gasteiger partial charge is 0.255 e. The number of nitrogens with two attached hydrogens (primary N) is 1. The Morgan fingerprint density at radius 2 is 2.12 bits per heavy atom. The van der Waals surface area contributed by atoms with Crippen LogP contribution in [-0.4, -0.2) is 44.9 Å². The molecular formula is C19H25N5O2. The Hall–Kier alpha value is -2.54. The van der Waals surface area contributed by atoms with E-state index in [0.717, 1.165) is 18.4 Å². The molecule has 7 heteroatoms. The number of aromatic nitrogens is 3. The summed E-state index contributed by atoms with van der Waals surface area (Å²) in [7, 11) is 0. The summed E-state index contributed by atoms with van der Waals surface area (Å²) >= 11 is 0. The molecule has 0 aromatic carbocycles. The van der Waals surface area contributed by atoms with E-state index < -0.39 is 0 Å². The largest absolute Gasteiger partial charge is 0.338 e. The third kappa shape index (κ3) is 3.83. The molecule has 1 saturated heterocycles. The first-order valence-corrected chi connectivity index (χ1v) is 8.99. The number of likely N-dealkylation sites (tertiary alicyclic amines) is 1. The van der Waals surface area contributed by atoms with Crippen molar-refractivity contribution in [1.82, 2.24) is 19.9 Å². The number of pyridine rings is 1. The maximum Gasteiger partial charge on any atom is 0.255 e. The van der Waals surface area contributed by atoms with Gasteiger partial charge in [-0.15, -0.1) is 0 Å². The van der Waals surface area contributed by atoms with Gasteiger partial charge < -0.3 is 15.6 Å². The molecule has 0 aliphatic carbocycles. The molecule has 0 saturated carbocycles. The van der Waals surface area contributed by atoms with Gasteiger partial charge in [0, 0.05) is 48.3 Å². The van der Waals surface area contributed by atoms with Gasteiger partial charge in [-0.1, -0.05) is 6.92 Å². The van der Waals surface area contributed by atoms with Gasteiger partial charge in [-0.25, -0.2) is 4.98 Å². The van der Waals surface area contributed by atoms with Gasteiger partial charge in [0.15, 0.2) is 0 Å². The van der Waals surface area contributed by atoms with Crippen LogP contribution < -0.4 is 11.3 Å². The number of H-pyrrole nitrogens is 1. The van der Waals surface area contributed by atoms with Crippen LogP contribution in [0, 0.1) is 12.8 Å². The number of nitrogens with one attached hydrogen (secondary N) is 1. The molecule has 1 aliphatic rings. The van der Waals surface area contributed by atoms with E-state index in [4.69, 9.17) is 5.73 Å². The quantitative estimate of drug-likeness (QED) is 0.859. The van der Waals surface area contributed by atoms with E-state index in [2.05, 4.69) is 21.9 Å². The molecule has 1 fully saturated rings. The second kappa shape index (κ2) is 7.78. The minimum Gasteiger partial charge on any atom is -0.338 e. The van der Waals surface area contributed by atoms with Crippen molar-refractivity contribution in [1.29, 1.82) is 0 Å². The number of rotatable bonds is 4. The van der Waals surface area contributed by atoms with Crippen molar-refractivity contribution in [2.45, 2.75) is 39.2 Å². The van der Waals surface area contributed by atoms with Gasteiger partial charge >= 0.3 is 0 Å². The molecule has 3 N–H and O–H groups in total. The van der Waals surface area contributed by atoms with Crippen molar-refractivity contribution in [2.75, 3.05) is 13.1 Å². The average molecular weight is 355 g/mol. The molecule has 1 aliphatic heterocycles. The molecule has 0 spiro atoms. The Labute approximate surface area is 152 Å². The number of amides is 1. The van der Waals surface area contributed by atoms with Crippen molar-refractivity contribution in [3.8, 4) is 11.4 Å². The Morgan fingerprint density at radius 3 is 2.77 bits per heavy atom. The maximum atomic E-state index is 12.8. The highest BCUT2D eigenvalue weighted by Crippen LogP contribution is 2.23. The summed E-state index contributed by atoms with van der Waals surface area (Å²) in [5.74, 6) is 0.996. The number of carbonyl (C=O) groups is 1. The SMILES string of the molecule is Cc1nc(-c2ccncc2)[nH]c(=O)c1CC(=O)N1CCC(C)CC1CN. The molecule has 2 unspecified atom stereocenters. The standard InChI is InChI=1S/C19H25N5O2/c1-12-5-8-24(15(9-12)11-20)17(25)10-16-13(2)22-18(23-19(16)26)14-3-6-21-7-4-14/h3-4,6-7,12,15H,5,8-11,20H2,1-2H3,(H,22,23,26). The Balaban J connectivity index is 1.82. The summed E-state index contributed by atoms with van der Waals surface area (Å²) in [6, 6.07) is 3.61. The minimum absolute atomic E-state index is 0.0506. The summed E-state index contributed by atoms with van der Waals surface area (Å²) in [4.78, 5) is 38.4. The van der Waals surface area contributed by atoms with Gasteiger partial charge in [0.2, 0.25) is 5.91 Å². The van der Waals surface area contributed by atoms with Gasteiger partial charge in [-0.05, 0) is 37.8 Å². The predicted molar refractivity (Wildman–Crippen MR) is 99.5 cm³/mol. The first-order chi connectivity index (χ1) is 12.5. The van der Waals surface area contributed by atoms with Crippen LogP contribution >= 0.6 is 0 Å². The van der Waals surface area contributed by atoms with Crippen molar-refractivity contribution in [3.05, 3.63) is 46.1 Å². The van der Waals surface area contributed by atoms with Crippen LogP contribution in [0.5, 0.6) is 0 Å². The Bertz CT molecular complexity index is 834. The monoisotopic (exact) mass is 355 g/mol. The second-order valence-electron chi connectivity index (χ2n) is 7.00. The van der Waals surface area contributed by atoms with Crippen molar-refractivity contribution < 1.29 is 4.79 Å². The molecule has 3 rings (SSSR count). The number of aryl methyl sites for hydroxylation is 1. The molecule has 1 amide bonds. The number of hydrogen-bond donors (Lipinski definition) is 2. The molecule has 26 heavy (non-hydrogen) atoms. The maximum absolute atomic E-state index is 12.8. The van der Waals surface area contributed by atoms with E-state index in [1.807, 2.05) is 4.90 Å². The van der Waals surface area contributed by atoms with E-state index in [-0.39, 0.29) is 23.9 Å². The van der Waals surface area contributed by atoms with E-state index in [9.17, 15) is 9.59 Å². The zero-order valence-corrected chi connectivity index (χ0v) is 15.2. The number of carbonyl (C=O) groups excluding carboxylic acids is 1. The zero-order valence-electron chi connectivity index (χ0n) is 15.2. The number of hydrogen-bond acceptors (Lipinski definition) is 5. The average Bonchev–Trinajstić information content (AvgIpc) is 2.64. The lowest BCUT2D eigenvalue weighted by Gasteiger charge is -2.38. The number of aromatic amines is 1. The van der Waals surface area contributed by atoms with Crippen LogP contribution in [0.4, 0.5) is 0 Å². The minimum atomic E-state index is -0.271. The van der Waals surface area contributed by atoms with Gasteiger partial charge in [0.25, 0.3) is 5.56 Å². The van der Waals surface area contributed by atoms with Gasteiger partial charge in [-0.3, -0.25) is 14.6 Å². The third-order valence-corrected chi connectivity index (χ3v) is 5.07. The molecule has 138 valence electrons. The zero-order chi connectivity index (χ0) is 18.7. The fourth-order valence-electron chi connectivity index (χ4n) is 3.52. The summed E-state index contributed by atoms with van der Waals surface area (Å²) in [6.07, 6.45) is 5.22. The second-order valence-corrected chi connectivity index (χ2v) is 7.00. The topological polar surface area (TPSA) is 105 Å². The summed E-state index contributed by atoms with van der Waals surface area (Å²) in [5, 5.41) is 0. The predicted octanol–water partition coefficient (Wildman–Crippen LogP) is 1.27. The van der Waals surface area contributed by atoms with Gasteiger partial charge in [0.05, 0.1) is 6.42 Å². The molecule has 3 heterocycles. The summed E-state index contributed by atoms with van der Waals surface area (Å²) < 4.78 is 0. The van der Waals surface area contributed by atoms with Crippen LogP contribution in [0.15, 0.2) is 29.3 Å². The molecule has 2 atom stereocenters. The fraction of sp³-hybridized carbons (Fsp3) is 0.474. The van der Waals surface area contributed by atoms with Crippen LogP contribution in [0.2, 0.25) is 0 Å². The number of nitrogens with zero attached hydrogens (tertiary/aromatic N) is 3. The Morgan fingerprint density at radius 1 is 1.38 bits per heavy atom. The molecule has 0 bridgehead atoms. The normalized spacial score (nSPS) is 20.2. The van der Waals surface area contributed by atoms with Crippen LogP contribution in [0.25, 0.3) is 11.4 Å². The van der Waals surface area contributed by atoms with E-state index in [1.165, 1.54) is 0 Å². The van der Waals surface area contributed by atoms with E-state index >= 15 is 0 Å². The van der Waals surface area contributed by atoms with Crippen molar-refractivity contribution >= 4 is 5.91 Å². The van der Waals surface area contributed by atoms with Crippen LogP contribution in [0.3, 0.4) is 0 Å². The summed E-state index contributed by atoms with van der Waals surface area (Å²) in [6.45, 7) is 5.09. The molecule has 0 radical (unpaired) electrons.